The highest BCUT2D eigenvalue weighted by Crippen LogP contribution is 2.27. The van der Waals surface area contributed by atoms with Crippen LogP contribution >= 0.6 is 11.6 Å². The number of rotatable bonds is 5. The van der Waals surface area contributed by atoms with Gasteiger partial charge >= 0.3 is 0 Å². The van der Waals surface area contributed by atoms with E-state index in [4.69, 9.17) is 22.1 Å². The molecule has 1 aliphatic heterocycles. The average Bonchev–Trinajstić information content (AvgIpc) is 2.41. The van der Waals surface area contributed by atoms with Gasteiger partial charge in [-0.1, -0.05) is 18.0 Å². The molecule has 1 saturated heterocycles. The molecule has 3 nitrogen and oxygen atoms in total. The highest BCUT2D eigenvalue weighted by Gasteiger charge is 2.12. The summed E-state index contributed by atoms with van der Waals surface area (Å²) in [6, 6.07) is 5.59. The van der Waals surface area contributed by atoms with Crippen molar-refractivity contribution in [3.8, 4) is 5.75 Å². The number of nitrogens with two attached hydrogens (primary N) is 1. The molecule has 19 heavy (non-hydrogen) atoms. The molecule has 4 heteroatoms. The summed E-state index contributed by atoms with van der Waals surface area (Å²) in [6.07, 6.45) is 3.99. The molecule has 0 amide bonds. The Morgan fingerprint density at radius 3 is 2.74 bits per heavy atom. The summed E-state index contributed by atoms with van der Waals surface area (Å²) in [5.74, 6) is 0.858. The third-order valence-corrected chi connectivity index (χ3v) is 3.81. The summed E-state index contributed by atoms with van der Waals surface area (Å²) in [7, 11) is 0. The van der Waals surface area contributed by atoms with E-state index in [0.717, 1.165) is 17.9 Å². The Morgan fingerprint density at radius 1 is 1.32 bits per heavy atom. The predicted octanol–water partition coefficient (Wildman–Crippen LogP) is 3.22. The standard InChI is InChI=1S/C15H23ClN2O/c1-12(17)14-11-13(16)5-6-15(14)19-10-9-18-7-3-2-4-8-18/h5-6,11-12H,2-4,7-10,17H2,1H3. The maximum absolute atomic E-state index is 6.00. The van der Waals surface area contributed by atoms with Crippen molar-refractivity contribution in [3.05, 3.63) is 28.8 Å². The van der Waals surface area contributed by atoms with E-state index in [9.17, 15) is 0 Å². The fourth-order valence-electron chi connectivity index (χ4n) is 2.47. The maximum Gasteiger partial charge on any atom is 0.124 e. The number of nitrogens with zero attached hydrogens (tertiary/aromatic N) is 1. The van der Waals surface area contributed by atoms with Gasteiger partial charge in [-0.25, -0.2) is 0 Å². The number of ether oxygens (including phenoxy) is 1. The molecule has 0 saturated carbocycles. The number of hydrogen-bond donors (Lipinski definition) is 1. The summed E-state index contributed by atoms with van der Waals surface area (Å²) in [5, 5.41) is 0.704. The second kappa shape index (κ2) is 7.13. The van der Waals surface area contributed by atoms with E-state index in [-0.39, 0.29) is 6.04 Å². The summed E-state index contributed by atoms with van der Waals surface area (Å²) in [4.78, 5) is 2.46. The van der Waals surface area contributed by atoms with Crippen LogP contribution in [0.15, 0.2) is 18.2 Å². The quantitative estimate of drug-likeness (QED) is 0.901. The van der Waals surface area contributed by atoms with Crippen LogP contribution in [0.2, 0.25) is 5.02 Å². The van der Waals surface area contributed by atoms with Gasteiger partial charge in [-0.3, -0.25) is 4.90 Å². The fourth-order valence-corrected chi connectivity index (χ4v) is 2.65. The van der Waals surface area contributed by atoms with E-state index >= 15 is 0 Å². The Morgan fingerprint density at radius 2 is 2.05 bits per heavy atom. The number of likely N-dealkylation sites (tertiary alicyclic amines) is 1. The molecule has 1 aromatic carbocycles. The topological polar surface area (TPSA) is 38.5 Å². The molecular weight excluding hydrogens is 260 g/mol. The van der Waals surface area contributed by atoms with Gasteiger partial charge in [-0.15, -0.1) is 0 Å². The minimum Gasteiger partial charge on any atom is -0.492 e. The first kappa shape index (κ1) is 14.6. The summed E-state index contributed by atoms with van der Waals surface area (Å²) in [5.41, 5.74) is 6.93. The first-order valence-corrected chi connectivity index (χ1v) is 7.45. The van der Waals surface area contributed by atoms with E-state index in [1.54, 1.807) is 0 Å². The molecule has 2 rings (SSSR count). The lowest BCUT2D eigenvalue weighted by Crippen LogP contribution is -2.33. The van der Waals surface area contributed by atoms with Crippen molar-refractivity contribution in [1.29, 1.82) is 0 Å². The van der Waals surface area contributed by atoms with Gasteiger partial charge in [0.1, 0.15) is 12.4 Å². The van der Waals surface area contributed by atoms with Crippen LogP contribution in [0.5, 0.6) is 5.75 Å². The van der Waals surface area contributed by atoms with Crippen LogP contribution in [0.1, 0.15) is 37.8 Å². The van der Waals surface area contributed by atoms with Gasteiger partial charge < -0.3 is 10.5 Å². The normalized spacial score (nSPS) is 18.3. The molecular formula is C15H23ClN2O. The lowest BCUT2D eigenvalue weighted by atomic mass is 10.1. The second-order valence-corrected chi connectivity index (χ2v) is 5.66. The number of hydrogen-bond acceptors (Lipinski definition) is 3. The number of benzene rings is 1. The van der Waals surface area contributed by atoms with Crippen LogP contribution in [0.25, 0.3) is 0 Å². The smallest absolute Gasteiger partial charge is 0.124 e. The van der Waals surface area contributed by atoms with Crippen molar-refractivity contribution < 1.29 is 4.74 Å². The predicted molar refractivity (Wildman–Crippen MR) is 79.8 cm³/mol. The first-order valence-electron chi connectivity index (χ1n) is 7.07. The fraction of sp³-hybridized carbons (Fsp3) is 0.600. The lowest BCUT2D eigenvalue weighted by molar-refractivity contribution is 0.182. The van der Waals surface area contributed by atoms with Crippen molar-refractivity contribution in [3.63, 3.8) is 0 Å². The monoisotopic (exact) mass is 282 g/mol. The molecule has 1 aromatic rings. The first-order chi connectivity index (χ1) is 9.16. The average molecular weight is 283 g/mol. The number of halogens is 1. The Bertz CT molecular complexity index is 403. The van der Waals surface area contributed by atoms with Crippen LogP contribution in [0.4, 0.5) is 0 Å². The molecule has 1 aliphatic rings. The van der Waals surface area contributed by atoms with E-state index in [0.29, 0.717) is 11.6 Å². The van der Waals surface area contributed by atoms with Gasteiger partial charge in [-0.05, 0) is 51.1 Å². The van der Waals surface area contributed by atoms with Crippen LogP contribution in [-0.4, -0.2) is 31.1 Å². The van der Waals surface area contributed by atoms with Gasteiger partial charge in [0.15, 0.2) is 0 Å². The highest BCUT2D eigenvalue weighted by atomic mass is 35.5. The third kappa shape index (κ3) is 4.37. The Hall–Kier alpha value is -0.770. The molecule has 1 unspecified atom stereocenters. The molecule has 0 bridgehead atoms. The zero-order valence-electron chi connectivity index (χ0n) is 11.6. The molecule has 0 spiro atoms. The van der Waals surface area contributed by atoms with E-state index < -0.39 is 0 Å². The van der Waals surface area contributed by atoms with Gasteiger partial charge in [-0.2, -0.15) is 0 Å². The molecule has 1 fully saturated rings. The highest BCUT2D eigenvalue weighted by molar-refractivity contribution is 6.30. The zero-order valence-corrected chi connectivity index (χ0v) is 12.3. The van der Waals surface area contributed by atoms with E-state index in [1.165, 1.54) is 32.4 Å². The second-order valence-electron chi connectivity index (χ2n) is 5.22. The molecule has 0 aliphatic carbocycles. The van der Waals surface area contributed by atoms with E-state index in [1.807, 2.05) is 25.1 Å². The van der Waals surface area contributed by atoms with Crippen LogP contribution < -0.4 is 10.5 Å². The number of piperidine rings is 1. The Balaban J connectivity index is 1.88. The Labute approximate surface area is 120 Å². The van der Waals surface area contributed by atoms with Gasteiger partial charge in [0, 0.05) is 23.2 Å². The van der Waals surface area contributed by atoms with Crippen molar-refractivity contribution >= 4 is 11.6 Å². The minimum absolute atomic E-state index is 0.0660. The Kier molecular flexibility index (Phi) is 5.49. The van der Waals surface area contributed by atoms with Crippen LogP contribution in [0, 0.1) is 0 Å². The molecule has 2 N–H and O–H groups in total. The largest absolute Gasteiger partial charge is 0.492 e. The van der Waals surface area contributed by atoms with Gasteiger partial charge in [0.05, 0.1) is 0 Å². The molecule has 0 aromatic heterocycles. The van der Waals surface area contributed by atoms with E-state index in [2.05, 4.69) is 4.90 Å². The molecule has 106 valence electrons. The van der Waals surface area contributed by atoms with Crippen molar-refractivity contribution in [2.24, 2.45) is 5.73 Å². The molecule has 1 atom stereocenters. The SMILES string of the molecule is CC(N)c1cc(Cl)ccc1OCCN1CCCCC1. The lowest BCUT2D eigenvalue weighted by Gasteiger charge is -2.26. The van der Waals surface area contributed by atoms with Gasteiger partial charge in [0.2, 0.25) is 0 Å². The van der Waals surface area contributed by atoms with Crippen molar-refractivity contribution in [2.45, 2.75) is 32.2 Å². The summed E-state index contributed by atoms with van der Waals surface area (Å²) >= 11 is 6.00. The molecule has 0 radical (unpaired) electrons. The summed E-state index contributed by atoms with van der Waals surface area (Å²) in [6.45, 7) is 6.04. The van der Waals surface area contributed by atoms with Crippen LogP contribution in [-0.2, 0) is 0 Å². The zero-order chi connectivity index (χ0) is 13.7. The van der Waals surface area contributed by atoms with Crippen LogP contribution in [0.3, 0.4) is 0 Å². The van der Waals surface area contributed by atoms with Crippen molar-refractivity contribution in [2.75, 3.05) is 26.2 Å². The van der Waals surface area contributed by atoms with Crippen molar-refractivity contribution in [1.82, 2.24) is 4.90 Å². The molecule has 1 heterocycles. The summed E-state index contributed by atoms with van der Waals surface area (Å²) < 4.78 is 5.88. The third-order valence-electron chi connectivity index (χ3n) is 3.58. The minimum atomic E-state index is -0.0660. The van der Waals surface area contributed by atoms with Gasteiger partial charge in [0.25, 0.3) is 0 Å². The maximum atomic E-state index is 6.00.